The molecule has 0 aliphatic carbocycles. The van der Waals surface area contributed by atoms with E-state index in [1.165, 1.54) is 4.31 Å². The molecule has 0 spiro atoms. The second-order valence-electron chi connectivity index (χ2n) is 7.54. The van der Waals surface area contributed by atoms with Crippen LogP contribution in [-0.4, -0.2) is 49.3 Å². The molecule has 27 heavy (non-hydrogen) atoms. The van der Waals surface area contributed by atoms with Gasteiger partial charge in [-0.2, -0.15) is 4.31 Å². The molecule has 1 amide bonds. The number of benzene rings is 1. The van der Waals surface area contributed by atoms with E-state index in [2.05, 4.69) is 5.32 Å². The van der Waals surface area contributed by atoms with Crippen molar-refractivity contribution in [1.29, 1.82) is 0 Å². The third-order valence-corrected chi connectivity index (χ3v) is 6.83. The van der Waals surface area contributed by atoms with E-state index in [0.717, 1.165) is 18.4 Å². The Morgan fingerprint density at radius 3 is 2.30 bits per heavy atom. The van der Waals surface area contributed by atoms with Crippen molar-refractivity contribution < 1.29 is 23.1 Å². The molecule has 1 aliphatic rings. The van der Waals surface area contributed by atoms with E-state index in [4.69, 9.17) is 5.11 Å². The van der Waals surface area contributed by atoms with E-state index in [9.17, 15) is 18.0 Å². The first kappa shape index (κ1) is 21.4. The monoisotopic (exact) mass is 396 g/mol. The molecule has 1 saturated heterocycles. The van der Waals surface area contributed by atoms with Crippen LogP contribution in [0.2, 0.25) is 0 Å². The van der Waals surface area contributed by atoms with Gasteiger partial charge in [-0.3, -0.25) is 9.59 Å². The fraction of sp³-hybridized carbons (Fsp3) is 0.579. The maximum absolute atomic E-state index is 12.5. The number of sulfonamides is 1. The second-order valence-corrected chi connectivity index (χ2v) is 9.48. The molecule has 1 fully saturated rings. The molecule has 2 rings (SSSR count). The van der Waals surface area contributed by atoms with Gasteiger partial charge in [-0.25, -0.2) is 8.42 Å². The van der Waals surface area contributed by atoms with Gasteiger partial charge in [0.25, 0.3) is 0 Å². The quantitative estimate of drug-likeness (QED) is 0.665. The van der Waals surface area contributed by atoms with Crippen molar-refractivity contribution in [2.75, 3.05) is 19.6 Å². The molecule has 1 aromatic carbocycles. The Morgan fingerprint density at radius 2 is 1.74 bits per heavy atom. The Balaban J connectivity index is 1.81. The molecule has 0 bridgehead atoms. The summed E-state index contributed by atoms with van der Waals surface area (Å²) in [5.74, 6) is -1.04. The largest absolute Gasteiger partial charge is 0.481 e. The molecule has 0 unspecified atom stereocenters. The molecule has 150 valence electrons. The van der Waals surface area contributed by atoms with Crippen molar-refractivity contribution in [2.24, 2.45) is 5.41 Å². The normalized spacial score (nSPS) is 15.6. The van der Waals surface area contributed by atoms with Crippen molar-refractivity contribution in [3.05, 3.63) is 29.8 Å². The predicted octanol–water partition coefficient (Wildman–Crippen LogP) is 2.02. The van der Waals surface area contributed by atoms with Gasteiger partial charge in [0.1, 0.15) is 0 Å². The number of aryl methyl sites for hydroxylation is 1. The van der Waals surface area contributed by atoms with Crippen LogP contribution in [0.4, 0.5) is 0 Å². The Kier molecular flexibility index (Phi) is 7.00. The predicted molar refractivity (Wildman–Crippen MR) is 102 cm³/mol. The molecule has 0 radical (unpaired) electrons. The molecule has 0 aromatic heterocycles. The lowest BCUT2D eigenvalue weighted by atomic mass is 9.90. The van der Waals surface area contributed by atoms with Gasteiger partial charge in [0, 0.05) is 26.1 Å². The van der Waals surface area contributed by atoms with Crippen LogP contribution in [0.1, 0.15) is 45.1 Å². The van der Waals surface area contributed by atoms with Gasteiger partial charge in [-0.15, -0.1) is 0 Å². The molecular formula is C19H28N2O5S. The summed E-state index contributed by atoms with van der Waals surface area (Å²) in [4.78, 5) is 23.2. The standard InChI is InChI=1S/C19H28N2O5S/c1-19(2,18(23)24)11-12-20-17(22)10-7-15-5-8-16(9-6-15)27(25,26)21-13-3-4-14-21/h5-6,8-9H,3-4,7,10-14H2,1-2H3,(H,20,22)(H,23,24). The summed E-state index contributed by atoms with van der Waals surface area (Å²) in [5.41, 5.74) is 0.0145. The van der Waals surface area contributed by atoms with E-state index in [1.54, 1.807) is 38.1 Å². The zero-order valence-corrected chi connectivity index (χ0v) is 16.7. The van der Waals surface area contributed by atoms with Crippen LogP contribution < -0.4 is 5.32 Å². The van der Waals surface area contributed by atoms with Crippen LogP contribution in [-0.2, 0) is 26.0 Å². The number of aliphatic carboxylic acids is 1. The average molecular weight is 397 g/mol. The molecule has 7 nitrogen and oxygen atoms in total. The lowest BCUT2D eigenvalue weighted by Crippen LogP contribution is -2.32. The van der Waals surface area contributed by atoms with E-state index in [-0.39, 0.29) is 17.2 Å². The van der Waals surface area contributed by atoms with Crippen LogP contribution in [0.25, 0.3) is 0 Å². The molecule has 2 N–H and O–H groups in total. The zero-order valence-electron chi connectivity index (χ0n) is 15.9. The minimum Gasteiger partial charge on any atom is -0.481 e. The first-order chi connectivity index (χ1) is 12.6. The number of nitrogens with one attached hydrogen (secondary N) is 1. The summed E-state index contributed by atoms with van der Waals surface area (Å²) < 4.78 is 26.5. The van der Waals surface area contributed by atoms with Crippen molar-refractivity contribution in [3.63, 3.8) is 0 Å². The van der Waals surface area contributed by atoms with Crippen molar-refractivity contribution in [3.8, 4) is 0 Å². The third kappa shape index (κ3) is 5.77. The zero-order chi connectivity index (χ0) is 20.1. The molecule has 0 atom stereocenters. The van der Waals surface area contributed by atoms with Crippen molar-refractivity contribution >= 4 is 21.9 Å². The Hall–Kier alpha value is -1.93. The highest BCUT2D eigenvalue weighted by Gasteiger charge is 2.27. The van der Waals surface area contributed by atoms with Gasteiger partial charge in [-0.1, -0.05) is 12.1 Å². The number of nitrogens with zero attached hydrogens (tertiary/aromatic N) is 1. The number of carboxylic acid groups (broad SMARTS) is 1. The maximum atomic E-state index is 12.5. The van der Waals surface area contributed by atoms with E-state index in [0.29, 0.717) is 32.5 Å². The van der Waals surface area contributed by atoms with E-state index in [1.807, 2.05) is 0 Å². The van der Waals surface area contributed by atoms with Crippen LogP contribution in [0.15, 0.2) is 29.2 Å². The summed E-state index contributed by atoms with van der Waals surface area (Å²) in [6.45, 7) is 4.70. The minimum absolute atomic E-state index is 0.148. The number of hydrogen-bond acceptors (Lipinski definition) is 4. The Bertz CT molecular complexity index is 766. The molecular weight excluding hydrogens is 368 g/mol. The van der Waals surface area contributed by atoms with Crippen LogP contribution >= 0.6 is 0 Å². The first-order valence-corrected chi connectivity index (χ1v) is 10.7. The summed E-state index contributed by atoms with van der Waals surface area (Å²) in [6, 6.07) is 6.67. The summed E-state index contributed by atoms with van der Waals surface area (Å²) in [5, 5.41) is 11.8. The lowest BCUT2D eigenvalue weighted by Gasteiger charge is -2.18. The van der Waals surface area contributed by atoms with Crippen molar-refractivity contribution in [2.45, 2.75) is 50.8 Å². The topological polar surface area (TPSA) is 104 Å². The van der Waals surface area contributed by atoms with Gasteiger partial charge >= 0.3 is 5.97 Å². The fourth-order valence-corrected chi connectivity index (χ4v) is 4.39. The Labute approximate surface area is 160 Å². The molecule has 1 aromatic rings. The number of rotatable bonds is 9. The van der Waals surface area contributed by atoms with Gasteiger partial charge in [0.2, 0.25) is 15.9 Å². The lowest BCUT2D eigenvalue weighted by molar-refractivity contribution is -0.147. The van der Waals surface area contributed by atoms with E-state index < -0.39 is 21.4 Å². The summed E-state index contributed by atoms with van der Waals surface area (Å²) >= 11 is 0. The highest BCUT2D eigenvalue weighted by Crippen LogP contribution is 2.21. The van der Waals surface area contributed by atoms with Crippen LogP contribution in [0.3, 0.4) is 0 Å². The van der Waals surface area contributed by atoms with Gasteiger partial charge in [-0.05, 0) is 57.2 Å². The Morgan fingerprint density at radius 1 is 1.15 bits per heavy atom. The van der Waals surface area contributed by atoms with E-state index >= 15 is 0 Å². The molecule has 0 saturated carbocycles. The van der Waals surface area contributed by atoms with Gasteiger partial charge in [0.15, 0.2) is 0 Å². The number of carboxylic acids is 1. The average Bonchev–Trinajstić information content (AvgIpc) is 3.15. The fourth-order valence-electron chi connectivity index (χ4n) is 2.87. The number of carbonyl (C=O) groups is 2. The van der Waals surface area contributed by atoms with Crippen LogP contribution in [0, 0.1) is 5.41 Å². The summed E-state index contributed by atoms with van der Waals surface area (Å²) in [7, 11) is -3.41. The SMILES string of the molecule is CC(C)(CCNC(=O)CCc1ccc(S(=O)(=O)N2CCCC2)cc1)C(=O)O. The maximum Gasteiger partial charge on any atom is 0.309 e. The molecule has 8 heteroatoms. The first-order valence-electron chi connectivity index (χ1n) is 9.22. The highest BCUT2D eigenvalue weighted by molar-refractivity contribution is 7.89. The molecule has 1 heterocycles. The number of hydrogen-bond donors (Lipinski definition) is 2. The minimum atomic E-state index is -3.41. The molecule has 1 aliphatic heterocycles. The summed E-state index contributed by atoms with van der Waals surface area (Å²) in [6.07, 6.45) is 2.92. The van der Waals surface area contributed by atoms with Gasteiger partial charge < -0.3 is 10.4 Å². The van der Waals surface area contributed by atoms with Crippen molar-refractivity contribution in [1.82, 2.24) is 9.62 Å². The van der Waals surface area contributed by atoms with Crippen LogP contribution in [0.5, 0.6) is 0 Å². The highest BCUT2D eigenvalue weighted by atomic mass is 32.2. The third-order valence-electron chi connectivity index (χ3n) is 4.92. The smallest absolute Gasteiger partial charge is 0.309 e. The second kappa shape index (κ2) is 8.84. The number of carbonyl (C=O) groups excluding carboxylic acids is 1. The number of amides is 1. The van der Waals surface area contributed by atoms with Gasteiger partial charge in [0.05, 0.1) is 10.3 Å².